The van der Waals surface area contributed by atoms with Gasteiger partial charge in [0.05, 0.1) is 0 Å². The van der Waals surface area contributed by atoms with Crippen molar-refractivity contribution in [3.8, 4) is 0 Å². The van der Waals surface area contributed by atoms with E-state index in [1.54, 1.807) is 11.3 Å². The second-order valence-corrected chi connectivity index (χ2v) is 4.17. The highest BCUT2D eigenvalue weighted by Crippen LogP contribution is 2.18. The fraction of sp³-hybridized carbons (Fsp3) is 0.400. The lowest BCUT2D eigenvalue weighted by Crippen LogP contribution is -2.03. The fourth-order valence-electron chi connectivity index (χ4n) is 1.15. The molecule has 1 aromatic heterocycles. The van der Waals surface area contributed by atoms with Crippen LogP contribution in [0.25, 0.3) is 0 Å². The molecule has 1 heterocycles. The van der Waals surface area contributed by atoms with Crippen LogP contribution in [0, 0.1) is 5.92 Å². The first-order valence-electron chi connectivity index (χ1n) is 4.06. The van der Waals surface area contributed by atoms with E-state index in [-0.39, 0.29) is 0 Å². The van der Waals surface area contributed by atoms with Gasteiger partial charge in [0.15, 0.2) is 0 Å². The van der Waals surface area contributed by atoms with Crippen molar-refractivity contribution in [1.82, 2.24) is 0 Å². The first-order chi connectivity index (χ1) is 5.86. The van der Waals surface area contributed by atoms with Gasteiger partial charge in [-0.3, -0.25) is 0 Å². The fourth-order valence-corrected chi connectivity index (χ4v) is 2.21. The molecule has 1 rings (SSSR count). The van der Waals surface area contributed by atoms with Crippen molar-refractivity contribution in [2.45, 2.75) is 12.8 Å². The van der Waals surface area contributed by atoms with E-state index in [0.29, 0.717) is 5.92 Å². The van der Waals surface area contributed by atoms with Crippen LogP contribution < -0.4 is 0 Å². The minimum Gasteiger partial charge on any atom is -0.149 e. The zero-order valence-corrected chi connectivity index (χ0v) is 8.57. The highest BCUT2D eigenvalue weighted by Gasteiger charge is 2.06. The maximum absolute atomic E-state index is 5.82. The first-order valence-corrected chi connectivity index (χ1v) is 5.47. The summed E-state index contributed by atoms with van der Waals surface area (Å²) in [4.78, 5) is 1.42. The zero-order valence-electron chi connectivity index (χ0n) is 7.00. The summed E-state index contributed by atoms with van der Waals surface area (Å²) in [6.07, 6.45) is 4.05. The average Bonchev–Trinajstić information content (AvgIpc) is 2.56. The van der Waals surface area contributed by atoms with Crippen molar-refractivity contribution >= 4 is 22.9 Å². The molecule has 0 N–H and O–H groups in total. The van der Waals surface area contributed by atoms with Crippen molar-refractivity contribution in [2.75, 3.05) is 5.88 Å². The highest BCUT2D eigenvalue weighted by atomic mass is 35.5. The number of rotatable bonds is 5. The SMILES string of the molecule is C=CCC(CCl)Cc1cccs1. The molecule has 0 amide bonds. The summed E-state index contributed by atoms with van der Waals surface area (Å²) < 4.78 is 0. The number of alkyl halides is 1. The molecular formula is C10H13ClS. The van der Waals surface area contributed by atoms with Crippen molar-refractivity contribution in [3.05, 3.63) is 35.0 Å². The molecule has 12 heavy (non-hydrogen) atoms. The third kappa shape index (κ3) is 3.00. The summed E-state index contributed by atoms with van der Waals surface area (Å²) in [5, 5.41) is 2.11. The van der Waals surface area contributed by atoms with Crippen LogP contribution in [0.5, 0.6) is 0 Å². The molecule has 0 bridgehead atoms. The molecule has 0 saturated carbocycles. The van der Waals surface area contributed by atoms with E-state index in [1.165, 1.54) is 4.88 Å². The predicted molar refractivity (Wildman–Crippen MR) is 57.0 cm³/mol. The molecule has 0 aliphatic rings. The van der Waals surface area contributed by atoms with Gasteiger partial charge in [0.2, 0.25) is 0 Å². The van der Waals surface area contributed by atoms with Crippen LogP contribution in [-0.2, 0) is 6.42 Å². The van der Waals surface area contributed by atoms with Crippen molar-refractivity contribution in [1.29, 1.82) is 0 Å². The van der Waals surface area contributed by atoms with Crippen LogP contribution in [-0.4, -0.2) is 5.88 Å². The van der Waals surface area contributed by atoms with Crippen LogP contribution in [0.1, 0.15) is 11.3 Å². The molecule has 0 aliphatic carbocycles. The van der Waals surface area contributed by atoms with Gasteiger partial charge in [-0.15, -0.1) is 29.5 Å². The Balaban J connectivity index is 2.42. The Morgan fingerprint density at radius 3 is 3.00 bits per heavy atom. The third-order valence-corrected chi connectivity index (χ3v) is 3.12. The number of hydrogen-bond acceptors (Lipinski definition) is 1. The quantitative estimate of drug-likeness (QED) is 0.502. The van der Waals surface area contributed by atoms with Crippen LogP contribution in [0.2, 0.25) is 0 Å². The Labute approximate surface area is 82.9 Å². The molecular weight excluding hydrogens is 188 g/mol. The third-order valence-electron chi connectivity index (χ3n) is 1.79. The van der Waals surface area contributed by atoms with E-state index in [4.69, 9.17) is 11.6 Å². The van der Waals surface area contributed by atoms with Gasteiger partial charge in [-0.25, -0.2) is 0 Å². The van der Waals surface area contributed by atoms with Gasteiger partial charge in [-0.1, -0.05) is 12.1 Å². The van der Waals surface area contributed by atoms with E-state index < -0.39 is 0 Å². The molecule has 0 radical (unpaired) electrons. The Kier molecular flexibility index (Phi) is 4.41. The summed E-state index contributed by atoms with van der Waals surface area (Å²) in [6.45, 7) is 3.72. The number of halogens is 1. The molecule has 0 aliphatic heterocycles. The highest BCUT2D eigenvalue weighted by molar-refractivity contribution is 7.09. The topological polar surface area (TPSA) is 0 Å². The predicted octanol–water partition coefficient (Wildman–Crippen LogP) is 3.72. The average molecular weight is 201 g/mol. The minimum atomic E-state index is 0.558. The van der Waals surface area contributed by atoms with Crippen LogP contribution >= 0.6 is 22.9 Å². The summed E-state index contributed by atoms with van der Waals surface area (Å²) in [5.41, 5.74) is 0. The number of allylic oxidation sites excluding steroid dienone is 1. The van der Waals surface area contributed by atoms with Gasteiger partial charge in [0.25, 0.3) is 0 Å². The van der Waals surface area contributed by atoms with Crippen molar-refractivity contribution < 1.29 is 0 Å². The van der Waals surface area contributed by atoms with Gasteiger partial charge >= 0.3 is 0 Å². The van der Waals surface area contributed by atoms with Crippen LogP contribution in [0.4, 0.5) is 0 Å². The molecule has 0 saturated heterocycles. The van der Waals surface area contributed by atoms with Gasteiger partial charge < -0.3 is 0 Å². The normalized spacial score (nSPS) is 12.8. The second kappa shape index (κ2) is 5.39. The largest absolute Gasteiger partial charge is 0.149 e. The Bertz CT molecular complexity index is 216. The van der Waals surface area contributed by atoms with Gasteiger partial charge in [-0.2, -0.15) is 0 Å². The second-order valence-electron chi connectivity index (χ2n) is 2.83. The summed E-state index contributed by atoms with van der Waals surface area (Å²) in [5.74, 6) is 1.28. The lowest BCUT2D eigenvalue weighted by atomic mass is 10.0. The number of hydrogen-bond donors (Lipinski definition) is 0. The Morgan fingerprint density at radius 2 is 2.50 bits per heavy atom. The van der Waals surface area contributed by atoms with Crippen LogP contribution in [0.15, 0.2) is 30.2 Å². The van der Waals surface area contributed by atoms with E-state index in [0.717, 1.165) is 18.7 Å². The number of thiophene rings is 1. The zero-order chi connectivity index (χ0) is 8.81. The van der Waals surface area contributed by atoms with Crippen LogP contribution in [0.3, 0.4) is 0 Å². The lowest BCUT2D eigenvalue weighted by Gasteiger charge is -2.08. The molecule has 2 heteroatoms. The first kappa shape index (κ1) is 9.82. The van der Waals surface area contributed by atoms with Crippen molar-refractivity contribution in [2.24, 2.45) is 5.92 Å². The van der Waals surface area contributed by atoms with E-state index in [9.17, 15) is 0 Å². The molecule has 66 valence electrons. The summed E-state index contributed by atoms with van der Waals surface area (Å²) in [6, 6.07) is 4.24. The summed E-state index contributed by atoms with van der Waals surface area (Å²) >= 11 is 7.62. The lowest BCUT2D eigenvalue weighted by molar-refractivity contribution is 0.603. The molecule has 1 aromatic rings. The maximum atomic E-state index is 5.82. The molecule has 0 fully saturated rings. The monoisotopic (exact) mass is 200 g/mol. The van der Waals surface area contributed by atoms with Crippen molar-refractivity contribution in [3.63, 3.8) is 0 Å². The van der Waals surface area contributed by atoms with E-state index in [1.807, 2.05) is 6.08 Å². The smallest absolute Gasteiger partial charge is 0.0258 e. The maximum Gasteiger partial charge on any atom is 0.0258 e. The van der Waals surface area contributed by atoms with Gasteiger partial charge in [-0.05, 0) is 30.2 Å². The molecule has 0 nitrogen and oxygen atoms in total. The Hall–Kier alpha value is -0.270. The van der Waals surface area contributed by atoms with E-state index >= 15 is 0 Å². The molecule has 1 atom stereocenters. The standard InChI is InChI=1S/C10H13ClS/c1-2-4-9(8-11)7-10-5-3-6-12-10/h2-3,5-6,9H,1,4,7-8H2. The van der Waals surface area contributed by atoms with Gasteiger partial charge in [0, 0.05) is 10.8 Å². The molecule has 0 aromatic carbocycles. The Morgan fingerprint density at radius 1 is 1.67 bits per heavy atom. The molecule has 0 spiro atoms. The van der Waals surface area contributed by atoms with Gasteiger partial charge in [0.1, 0.15) is 0 Å². The van der Waals surface area contributed by atoms with E-state index in [2.05, 4.69) is 24.1 Å². The minimum absolute atomic E-state index is 0.558. The summed E-state index contributed by atoms with van der Waals surface area (Å²) in [7, 11) is 0. The molecule has 1 unspecified atom stereocenters.